The molecule has 11 nitrogen and oxygen atoms in total. The lowest BCUT2D eigenvalue weighted by Gasteiger charge is -2.14. The van der Waals surface area contributed by atoms with Crippen LogP contribution in [0.4, 0.5) is 17.2 Å². The zero-order chi connectivity index (χ0) is 23.8. The molecular weight excluding hydrogens is 454 g/mol. The number of hydrogen-bond donors (Lipinski definition) is 1. The smallest absolute Gasteiger partial charge is 0.313 e. The van der Waals surface area contributed by atoms with Crippen molar-refractivity contribution in [1.82, 2.24) is 4.98 Å². The molecule has 12 heteroatoms. The summed E-state index contributed by atoms with van der Waals surface area (Å²) >= 11 is 6.39. The van der Waals surface area contributed by atoms with E-state index < -0.39 is 9.85 Å². The highest BCUT2D eigenvalue weighted by Crippen LogP contribution is 2.37. The maximum Gasteiger partial charge on any atom is 0.313 e. The van der Waals surface area contributed by atoms with Crippen LogP contribution < -0.4 is 14.9 Å². The Labute approximate surface area is 192 Å². The fraction of sp³-hybridized carbons (Fsp3) is 0.143. The van der Waals surface area contributed by atoms with Gasteiger partial charge in [0, 0.05) is 24.4 Å². The predicted octanol–water partition coefficient (Wildman–Crippen LogP) is 4.98. The summed E-state index contributed by atoms with van der Waals surface area (Å²) in [4.78, 5) is 24.7. The van der Waals surface area contributed by atoms with Gasteiger partial charge in [-0.3, -0.25) is 25.7 Å². The number of nitro groups is 2. The SMILES string of the molecule is CCOc1cc(/C=N\Nc2ncccc2[N+](=O)[O-])cc(Cl)c1OCc1ccc([N+](=O)[O-])cc1. The maximum atomic E-state index is 11.1. The maximum absolute atomic E-state index is 11.1. The van der Waals surface area contributed by atoms with Gasteiger partial charge in [0.05, 0.1) is 27.7 Å². The Morgan fingerprint density at radius 1 is 1.12 bits per heavy atom. The first-order chi connectivity index (χ1) is 15.9. The number of pyridine rings is 1. The van der Waals surface area contributed by atoms with Gasteiger partial charge in [-0.05, 0) is 48.4 Å². The second-order valence-electron chi connectivity index (χ2n) is 6.47. The summed E-state index contributed by atoms with van der Waals surface area (Å²) in [5.41, 5.74) is 3.58. The highest BCUT2D eigenvalue weighted by atomic mass is 35.5. The Hall–Kier alpha value is -4.25. The second kappa shape index (κ2) is 10.9. The minimum Gasteiger partial charge on any atom is -0.490 e. The largest absolute Gasteiger partial charge is 0.490 e. The van der Waals surface area contributed by atoms with Crippen molar-refractivity contribution in [2.45, 2.75) is 13.5 Å². The second-order valence-corrected chi connectivity index (χ2v) is 6.88. The highest BCUT2D eigenvalue weighted by Gasteiger charge is 2.15. The molecule has 1 N–H and O–H groups in total. The molecular formula is C21H18ClN5O6. The van der Waals surface area contributed by atoms with Crippen molar-refractivity contribution >= 4 is 35.0 Å². The number of benzene rings is 2. The van der Waals surface area contributed by atoms with E-state index in [-0.39, 0.29) is 28.8 Å². The Kier molecular flexibility index (Phi) is 7.71. The quantitative estimate of drug-likeness (QED) is 0.248. The number of non-ortho nitro benzene ring substituents is 1. The van der Waals surface area contributed by atoms with Crippen molar-refractivity contribution in [2.24, 2.45) is 5.10 Å². The molecule has 0 radical (unpaired) electrons. The predicted molar refractivity (Wildman–Crippen MR) is 122 cm³/mol. The third-order valence-electron chi connectivity index (χ3n) is 4.23. The number of anilines is 1. The van der Waals surface area contributed by atoms with Crippen molar-refractivity contribution < 1.29 is 19.3 Å². The summed E-state index contributed by atoms with van der Waals surface area (Å²) in [5.74, 6) is 0.678. The fourth-order valence-electron chi connectivity index (χ4n) is 2.73. The molecule has 170 valence electrons. The number of ether oxygens (including phenoxy) is 2. The summed E-state index contributed by atoms with van der Waals surface area (Å²) < 4.78 is 11.4. The van der Waals surface area contributed by atoms with E-state index in [2.05, 4.69) is 15.5 Å². The number of rotatable bonds is 10. The van der Waals surface area contributed by atoms with Crippen LogP contribution in [0.25, 0.3) is 0 Å². The lowest BCUT2D eigenvalue weighted by Crippen LogP contribution is -2.02. The van der Waals surface area contributed by atoms with Gasteiger partial charge in [-0.25, -0.2) is 4.98 Å². The van der Waals surface area contributed by atoms with E-state index in [4.69, 9.17) is 21.1 Å². The minimum absolute atomic E-state index is 0.00192. The van der Waals surface area contributed by atoms with Crippen LogP contribution in [0.1, 0.15) is 18.1 Å². The van der Waals surface area contributed by atoms with Crippen LogP contribution >= 0.6 is 11.6 Å². The van der Waals surface area contributed by atoms with Crippen molar-refractivity contribution in [1.29, 1.82) is 0 Å². The van der Waals surface area contributed by atoms with Gasteiger partial charge in [-0.2, -0.15) is 5.10 Å². The molecule has 0 spiro atoms. The highest BCUT2D eigenvalue weighted by molar-refractivity contribution is 6.32. The van der Waals surface area contributed by atoms with Gasteiger partial charge >= 0.3 is 5.69 Å². The molecule has 33 heavy (non-hydrogen) atoms. The van der Waals surface area contributed by atoms with Crippen LogP contribution in [0.2, 0.25) is 5.02 Å². The zero-order valence-electron chi connectivity index (χ0n) is 17.3. The molecule has 0 fully saturated rings. The van der Waals surface area contributed by atoms with Crippen LogP contribution in [0.5, 0.6) is 11.5 Å². The van der Waals surface area contributed by atoms with Crippen molar-refractivity contribution in [3.63, 3.8) is 0 Å². The Morgan fingerprint density at radius 3 is 2.55 bits per heavy atom. The number of hydrogen-bond acceptors (Lipinski definition) is 9. The van der Waals surface area contributed by atoms with Crippen molar-refractivity contribution in [2.75, 3.05) is 12.0 Å². The van der Waals surface area contributed by atoms with E-state index in [9.17, 15) is 20.2 Å². The summed E-state index contributed by atoms with van der Waals surface area (Å²) in [7, 11) is 0. The molecule has 0 saturated carbocycles. The molecule has 0 atom stereocenters. The van der Waals surface area contributed by atoms with E-state index in [0.717, 1.165) is 0 Å². The Balaban J connectivity index is 1.75. The molecule has 0 aliphatic rings. The molecule has 3 aromatic rings. The molecule has 0 aliphatic carbocycles. The molecule has 0 aliphatic heterocycles. The van der Waals surface area contributed by atoms with Gasteiger partial charge in [0.1, 0.15) is 6.61 Å². The lowest BCUT2D eigenvalue weighted by molar-refractivity contribution is -0.384. The van der Waals surface area contributed by atoms with Crippen molar-refractivity contribution in [3.8, 4) is 11.5 Å². The number of halogens is 1. The molecule has 1 heterocycles. The summed E-state index contributed by atoms with van der Waals surface area (Å²) in [6.45, 7) is 2.27. The van der Waals surface area contributed by atoms with Crippen LogP contribution in [0.3, 0.4) is 0 Å². The minimum atomic E-state index is -0.564. The Bertz CT molecular complexity index is 1190. The summed E-state index contributed by atoms with van der Waals surface area (Å²) in [6, 6.07) is 12.0. The first-order valence-electron chi connectivity index (χ1n) is 9.60. The normalized spacial score (nSPS) is 10.7. The van der Waals surface area contributed by atoms with E-state index in [1.165, 1.54) is 36.7 Å². The third kappa shape index (κ3) is 6.14. The van der Waals surface area contributed by atoms with Gasteiger partial charge in [0.15, 0.2) is 11.5 Å². The van der Waals surface area contributed by atoms with E-state index in [0.29, 0.717) is 29.2 Å². The van der Waals surface area contributed by atoms with Crippen molar-refractivity contribution in [3.05, 3.63) is 91.1 Å². The van der Waals surface area contributed by atoms with Gasteiger partial charge in [-0.1, -0.05) is 11.6 Å². The number of hydrazone groups is 1. The standard InChI is InChI=1S/C21H18ClN5O6/c1-2-32-19-11-15(12-24-25-21-18(27(30)31)4-3-9-23-21)10-17(22)20(19)33-13-14-5-7-16(8-6-14)26(28)29/h3-12H,2,13H2,1H3,(H,23,25)/b24-12-. The lowest BCUT2D eigenvalue weighted by atomic mass is 10.2. The molecule has 0 saturated heterocycles. The van der Waals surface area contributed by atoms with Gasteiger partial charge in [-0.15, -0.1) is 0 Å². The molecule has 2 aromatic carbocycles. The monoisotopic (exact) mass is 471 g/mol. The average Bonchev–Trinajstić information content (AvgIpc) is 2.79. The van der Waals surface area contributed by atoms with Crippen LogP contribution in [-0.2, 0) is 6.61 Å². The number of nitro benzene ring substituents is 1. The first kappa shape index (κ1) is 23.4. The van der Waals surface area contributed by atoms with Crippen LogP contribution in [0, 0.1) is 20.2 Å². The van der Waals surface area contributed by atoms with Gasteiger partial charge in [0.25, 0.3) is 5.69 Å². The Morgan fingerprint density at radius 2 is 1.88 bits per heavy atom. The molecule has 3 rings (SSSR count). The number of nitrogens with one attached hydrogen (secondary N) is 1. The molecule has 0 unspecified atom stereocenters. The number of aromatic nitrogens is 1. The average molecular weight is 472 g/mol. The van der Waals surface area contributed by atoms with E-state index in [1.54, 1.807) is 31.2 Å². The molecule has 0 amide bonds. The molecule has 1 aromatic heterocycles. The van der Waals surface area contributed by atoms with E-state index >= 15 is 0 Å². The number of nitrogens with zero attached hydrogens (tertiary/aromatic N) is 4. The van der Waals surface area contributed by atoms with Crippen LogP contribution in [0.15, 0.2) is 59.8 Å². The zero-order valence-corrected chi connectivity index (χ0v) is 18.1. The van der Waals surface area contributed by atoms with Crippen LogP contribution in [-0.4, -0.2) is 27.7 Å². The first-order valence-corrected chi connectivity index (χ1v) is 9.97. The van der Waals surface area contributed by atoms with Gasteiger partial charge in [0.2, 0.25) is 5.82 Å². The van der Waals surface area contributed by atoms with Gasteiger partial charge < -0.3 is 9.47 Å². The topological polar surface area (TPSA) is 142 Å². The fourth-order valence-corrected chi connectivity index (χ4v) is 3.01. The molecule has 0 bridgehead atoms. The third-order valence-corrected chi connectivity index (χ3v) is 4.51. The summed E-state index contributed by atoms with van der Waals surface area (Å²) in [5, 5.41) is 26.1. The summed E-state index contributed by atoms with van der Waals surface area (Å²) in [6.07, 6.45) is 2.82. The van der Waals surface area contributed by atoms with E-state index in [1.807, 2.05) is 0 Å².